The molecule has 0 saturated carbocycles. The van der Waals surface area contributed by atoms with E-state index in [-0.39, 0.29) is 25.1 Å². The van der Waals surface area contributed by atoms with Crippen LogP contribution < -0.4 is 5.32 Å². The summed E-state index contributed by atoms with van der Waals surface area (Å²) in [4.78, 5) is 18.4. The van der Waals surface area contributed by atoms with Gasteiger partial charge < -0.3 is 14.7 Å². The Morgan fingerprint density at radius 2 is 1.74 bits per heavy atom. The molecule has 1 aliphatic rings. The van der Waals surface area contributed by atoms with Gasteiger partial charge in [0.15, 0.2) is 0 Å². The van der Waals surface area contributed by atoms with E-state index >= 15 is 0 Å². The summed E-state index contributed by atoms with van der Waals surface area (Å²) in [6, 6.07) is 7.62. The summed E-state index contributed by atoms with van der Waals surface area (Å²) in [7, 11) is 0. The predicted molar refractivity (Wildman–Crippen MR) is 113 cm³/mol. The van der Waals surface area contributed by atoms with Crippen LogP contribution in [0.2, 0.25) is 0 Å². The molecule has 4 rings (SSSR count). The molecule has 0 spiro atoms. The van der Waals surface area contributed by atoms with Gasteiger partial charge in [0.05, 0.1) is 17.0 Å². The van der Waals surface area contributed by atoms with Crippen LogP contribution in [0.4, 0.5) is 36.8 Å². The Kier molecular flexibility index (Phi) is 6.48. The lowest BCUT2D eigenvalue weighted by Crippen LogP contribution is -2.41. The summed E-state index contributed by atoms with van der Waals surface area (Å²) in [5, 5.41) is 6.15. The zero-order chi connectivity index (χ0) is 25.4. The van der Waals surface area contributed by atoms with Crippen molar-refractivity contribution in [3.8, 4) is 11.4 Å². The molecule has 1 atom stereocenters. The summed E-state index contributed by atoms with van der Waals surface area (Å²) in [5.41, 5.74) is -1.84. The van der Waals surface area contributed by atoms with Crippen LogP contribution in [-0.4, -0.2) is 34.2 Å². The van der Waals surface area contributed by atoms with Crippen molar-refractivity contribution < 1.29 is 35.7 Å². The average Bonchev–Trinajstić information content (AvgIpc) is 3.28. The lowest BCUT2D eigenvalue weighted by molar-refractivity contribution is -0.143. The van der Waals surface area contributed by atoms with Crippen LogP contribution >= 0.6 is 0 Å². The minimum atomic E-state index is -5.01. The summed E-state index contributed by atoms with van der Waals surface area (Å²) < 4.78 is 84.0. The first-order chi connectivity index (χ1) is 16.4. The van der Waals surface area contributed by atoms with Gasteiger partial charge in [-0.3, -0.25) is 0 Å². The lowest BCUT2D eigenvalue weighted by Gasteiger charge is -2.31. The van der Waals surface area contributed by atoms with Gasteiger partial charge in [-0.25, -0.2) is 4.79 Å². The second-order valence-corrected chi connectivity index (χ2v) is 8.34. The van der Waals surface area contributed by atoms with Crippen LogP contribution in [0.3, 0.4) is 0 Å². The van der Waals surface area contributed by atoms with E-state index in [9.17, 15) is 31.1 Å². The molecule has 0 bridgehead atoms. The van der Waals surface area contributed by atoms with Gasteiger partial charge in [0.1, 0.15) is 0 Å². The summed E-state index contributed by atoms with van der Waals surface area (Å²) >= 11 is 0. The Bertz CT molecular complexity index is 1190. The van der Waals surface area contributed by atoms with Crippen molar-refractivity contribution in [1.29, 1.82) is 0 Å². The number of urea groups is 1. The van der Waals surface area contributed by atoms with E-state index in [2.05, 4.69) is 15.5 Å². The van der Waals surface area contributed by atoms with Crippen molar-refractivity contribution in [2.75, 3.05) is 18.4 Å². The molecule has 0 radical (unpaired) electrons. The molecule has 0 aliphatic carbocycles. The van der Waals surface area contributed by atoms with Crippen molar-refractivity contribution in [1.82, 2.24) is 15.0 Å². The number of alkyl halides is 6. The number of amides is 2. The Hall–Kier alpha value is -3.57. The number of aromatic nitrogens is 2. The number of nitrogens with zero attached hydrogens (tertiary/aromatic N) is 3. The van der Waals surface area contributed by atoms with Gasteiger partial charge in [0.25, 0.3) is 0 Å². The number of halogens is 6. The van der Waals surface area contributed by atoms with Crippen molar-refractivity contribution in [3.05, 3.63) is 65.0 Å². The summed E-state index contributed by atoms with van der Waals surface area (Å²) in [5.74, 6) is 0.360. The minimum absolute atomic E-state index is 0.00791. The zero-order valence-electron chi connectivity index (χ0n) is 18.4. The maximum absolute atomic E-state index is 13.1. The molecule has 12 heteroatoms. The largest absolute Gasteiger partial charge is 0.416 e. The number of hydrogen-bond donors (Lipinski definition) is 1. The topological polar surface area (TPSA) is 71.3 Å². The summed E-state index contributed by atoms with van der Waals surface area (Å²) in [6.45, 7) is 2.31. The maximum Gasteiger partial charge on any atom is 0.416 e. The van der Waals surface area contributed by atoms with Gasteiger partial charge in [0.2, 0.25) is 11.7 Å². The van der Waals surface area contributed by atoms with Gasteiger partial charge in [-0.2, -0.15) is 31.3 Å². The van der Waals surface area contributed by atoms with Crippen LogP contribution in [0.5, 0.6) is 0 Å². The number of benzene rings is 2. The first-order valence-corrected chi connectivity index (χ1v) is 10.7. The van der Waals surface area contributed by atoms with E-state index in [4.69, 9.17) is 4.52 Å². The molecular weight excluding hydrogens is 478 g/mol. The number of anilines is 1. The number of hydrogen-bond acceptors (Lipinski definition) is 4. The van der Waals surface area contributed by atoms with Gasteiger partial charge in [-0.15, -0.1) is 0 Å². The number of carbonyl (C=O) groups is 1. The monoisotopic (exact) mass is 498 g/mol. The van der Waals surface area contributed by atoms with Crippen LogP contribution in [0.25, 0.3) is 11.4 Å². The Balaban J connectivity index is 1.50. The molecule has 1 N–H and O–H groups in total. The van der Waals surface area contributed by atoms with Gasteiger partial charge >= 0.3 is 18.4 Å². The molecule has 1 unspecified atom stereocenters. The molecule has 186 valence electrons. The number of carbonyl (C=O) groups excluding carboxylic acids is 1. The quantitative estimate of drug-likeness (QED) is 0.419. The molecule has 1 saturated heterocycles. The fourth-order valence-electron chi connectivity index (χ4n) is 3.90. The molecule has 35 heavy (non-hydrogen) atoms. The number of piperidine rings is 1. The Labute approximate surface area is 195 Å². The van der Waals surface area contributed by atoms with Gasteiger partial charge in [-0.05, 0) is 44.0 Å². The molecule has 6 nitrogen and oxygen atoms in total. The van der Waals surface area contributed by atoms with Crippen LogP contribution in [0.15, 0.2) is 47.0 Å². The zero-order valence-corrected chi connectivity index (χ0v) is 18.4. The van der Waals surface area contributed by atoms with Crippen molar-refractivity contribution in [2.45, 2.75) is 38.0 Å². The second-order valence-electron chi connectivity index (χ2n) is 8.34. The average molecular weight is 498 g/mol. The SMILES string of the molecule is Cc1cccc(-c2noc(C3CCCN(C(=O)Nc4cc(C(F)(F)F)cc(C(F)(F)F)c4)C3)n2)c1. The Morgan fingerprint density at radius 3 is 2.37 bits per heavy atom. The van der Waals surface area contributed by atoms with E-state index < -0.39 is 35.2 Å². The third-order valence-electron chi connectivity index (χ3n) is 5.61. The maximum atomic E-state index is 13.1. The number of rotatable bonds is 3. The van der Waals surface area contributed by atoms with Crippen LogP contribution in [0.1, 0.15) is 41.3 Å². The highest BCUT2D eigenvalue weighted by molar-refractivity contribution is 5.89. The number of likely N-dealkylation sites (tertiary alicyclic amines) is 1. The molecular formula is C23H20F6N4O2. The normalized spacial score (nSPS) is 16.9. The van der Waals surface area contributed by atoms with Crippen LogP contribution in [-0.2, 0) is 12.4 Å². The highest BCUT2D eigenvalue weighted by Crippen LogP contribution is 2.38. The number of aryl methyl sites for hydroxylation is 1. The van der Waals surface area contributed by atoms with E-state index in [1.807, 2.05) is 31.2 Å². The predicted octanol–water partition coefficient (Wildman–Crippen LogP) is 6.49. The molecule has 1 fully saturated rings. The minimum Gasteiger partial charge on any atom is -0.339 e. The van der Waals surface area contributed by atoms with E-state index in [1.165, 1.54) is 4.90 Å². The van der Waals surface area contributed by atoms with Gasteiger partial charge in [0, 0.05) is 24.3 Å². The van der Waals surface area contributed by atoms with Gasteiger partial charge in [-0.1, -0.05) is 28.9 Å². The molecule has 2 aromatic carbocycles. The number of nitrogens with one attached hydrogen (secondary N) is 1. The van der Waals surface area contributed by atoms with E-state index in [1.54, 1.807) is 0 Å². The fraction of sp³-hybridized carbons (Fsp3) is 0.348. The molecule has 1 aliphatic heterocycles. The molecule has 3 aromatic rings. The van der Waals surface area contributed by atoms with Crippen molar-refractivity contribution in [2.24, 2.45) is 0 Å². The Morgan fingerprint density at radius 1 is 1.06 bits per heavy atom. The van der Waals surface area contributed by atoms with Crippen molar-refractivity contribution >= 4 is 11.7 Å². The second kappa shape index (κ2) is 9.23. The highest BCUT2D eigenvalue weighted by atomic mass is 19.4. The lowest BCUT2D eigenvalue weighted by atomic mass is 9.98. The molecule has 2 amide bonds. The van der Waals surface area contributed by atoms with E-state index in [0.29, 0.717) is 36.7 Å². The smallest absolute Gasteiger partial charge is 0.339 e. The fourth-order valence-corrected chi connectivity index (χ4v) is 3.90. The van der Waals surface area contributed by atoms with E-state index in [0.717, 1.165) is 11.1 Å². The standard InChI is InChI=1S/C23H20F6N4O2/c1-13-4-2-5-14(8-13)19-31-20(35-32-19)15-6-3-7-33(12-15)21(34)30-18-10-16(22(24,25)26)9-17(11-18)23(27,28)29/h2,4-5,8-11,15H,3,6-7,12H2,1H3,(H,30,34). The first kappa shape index (κ1) is 24.6. The third kappa shape index (κ3) is 5.75. The highest BCUT2D eigenvalue weighted by Gasteiger charge is 2.37. The summed E-state index contributed by atoms with van der Waals surface area (Å²) in [6.07, 6.45) is -8.86. The van der Waals surface area contributed by atoms with Crippen LogP contribution in [0, 0.1) is 6.92 Å². The first-order valence-electron chi connectivity index (χ1n) is 10.7. The molecule has 2 heterocycles. The van der Waals surface area contributed by atoms with Crippen molar-refractivity contribution in [3.63, 3.8) is 0 Å². The molecule has 1 aromatic heterocycles. The third-order valence-corrected chi connectivity index (χ3v) is 5.61.